The second-order valence-electron chi connectivity index (χ2n) is 11.3. The first-order valence-corrected chi connectivity index (χ1v) is 14.9. The quantitative estimate of drug-likeness (QED) is 0.252. The summed E-state index contributed by atoms with van der Waals surface area (Å²) in [5.41, 5.74) is 2.32. The summed E-state index contributed by atoms with van der Waals surface area (Å²) in [5.74, 6) is 2.74. The number of nitrogens with zero attached hydrogens (tertiary/aromatic N) is 5. The van der Waals surface area contributed by atoms with Gasteiger partial charge in [0, 0.05) is 44.6 Å². The molecule has 204 valence electrons. The second kappa shape index (κ2) is 11.7. The molecule has 0 radical (unpaired) electrons. The van der Waals surface area contributed by atoms with Gasteiger partial charge >= 0.3 is 0 Å². The summed E-state index contributed by atoms with van der Waals surface area (Å²) in [6.07, 6.45) is 10.8. The maximum atomic E-state index is 13.1. The molecule has 7 nitrogen and oxygen atoms in total. The van der Waals surface area contributed by atoms with E-state index >= 15 is 0 Å². The summed E-state index contributed by atoms with van der Waals surface area (Å²) >= 11 is 0. The molecule has 1 aliphatic heterocycles. The molecule has 1 saturated heterocycles. The number of benzene rings is 2. The Labute approximate surface area is 230 Å². The van der Waals surface area contributed by atoms with Crippen molar-refractivity contribution in [3.05, 3.63) is 48.3 Å². The van der Waals surface area contributed by atoms with Crippen LogP contribution in [0, 0.1) is 5.92 Å². The van der Waals surface area contributed by atoms with Crippen molar-refractivity contribution < 1.29 is 9.32 Å². The van der Waals surface area contributed by atoms with Gasteiger partial charge in [0.2, 0.25) is 5.91 Å². The average molecular weight is 526 g/mol. The summed E-state index contributed by atoms with van der Waals surface area (Å²) in [5, 5.41) is 7.73. The topological polar surface area (TPSA) is 75.4 Å². The van der Waals surface area contributed by atoms with Crippen LogP contribution in [-0.4, -0.2) is 52.1 Å². The van der Waals surface area contributed by atoms with Crippen LogP contribution in [-0.2, 0) is 11.2 Å². The number of rotatable bonds is 8. The number of hydrogen-bond acceptors (Lipinski definition) is 6. The Morgan fingerprint density at radius 3 is 2.67 bits per heavy atom. The molecule has 1 aliphatic carbocycles. The summed E-state index contributed by atoms with van der Waals surface area (Å²) < 4.78 is 5.85. The minimum atomic E-state index is 0.307. The molecule has 4 aromatic rings. The smallest absolute Gasteiger partial charge is 0.263 e. The van der Waals surface area contributed by atoms with Crippen LogP contribution >= 0.6 is 0 Å². The summed E-state index contributed by atoms with van der Waals surface area (Å²) in [6.45, 7) is 5.29. The lowest BCUT2D eigenvalue weighted by Crippen LogP contribution is -2.35. The summed E-state index contributed by atoms with van der Waals surface area (Å²) in [7, 11) is 0. The number of unbranched alkanes of at least 4 members (excludes halogenated alkanes) is 1. The van der Waals surface area contributed by atoms with E-state index in [-0.39, 0.29) is 0 Å². The summed E-state index contributed by atoms with van der Waals surface area (Å²) in [6, 6.07) is 14.7. The van der Waals surface area contributed by atoms with E-state index in [0.29, 0.717) is 18.0 Å². The van der Waals surface area contributed by atoms with Gasteiger partial charge in [-0.15, -0.1) is 0 Å². The molecule has 2 aliphatic rings. The van der Waals surface area contributed by atoms with E-state index in [4.69, 9.17) is 14.5 Å². The minimum Gasteiger partial charge on any atom is -0.354 e. The third-order valence-electron chi connectivity index (χ3n) is 8.53. The van der Waals surface area contributed by atoms with Gasteiger partial charge < -0.3 is 14.3 Å². The van der Waals surface area contributed by atoms with Crippen LogP contribution in [0.3, 0.4) is 0 Å². The van der Waals surface area contributed by atoms with Crippen molar-refractivity contribution in [3.63, 3.8) is 0 Å². The van der Waals surface area contributed by atoms with E-state index in [9.17, 15) is 4.79 Å². The van der Waals surface area contributed by atoms with Gasteiger partial charge in [-0.05, 0) is 42.0 Å². The van der Waals surface area contributed by atoms with Crippen LogP contribution < -0.4 is 4.90 Å². The molecule has 0 unspecified atom stereocenters. The Balaban J connectivity index is 1.29. The molecule has 2 fully saturated rings. The van der Waals surface area contributed by atoms with Gasteiger partial charge in [-0.2, -0.15) is 4.98 Å². The number of fused-ring (bicyclic) bond motifs is 2. The normalized spacial score (nSPS) is 16.8. The van der Waals surface area contributed by atoms with Crippen molar-refractivity contribution in [2.45, 2.75) is 71.1 Å². The molecule has 39 heavy (non-hydrogen) atoms. The van der Waals surface area contributed by atoms with Crippen molar-refractivity contribution >= 4 is 33.6 Å². The number of amides is 1. The number of hydrogen-bond donors (Lipinski definition) is 0. The van der Waals surface area contributed by atoms with Gasteiger partial charge in [0.1, 0.15) is 22.7 Å². The molecule has 0 bridgehead atoms. The molecule has 1 amide bonds. The molecule has 2 aromatic heterocycles. The Hall–Kier alpha value is -3.48. The minimum absolute atomic E-state index is 0.307. The SMILES string of the molecule is CCCCc1nc(N2CCCN(C(=O)CCC3CCCC3)CC2)c2c(-c3ccc4ccccc4c3)noc2n1. The highest BCUT2D eigenvalue weighted by Gasteiger charge is 2.26. The van der Waals surface area contributed by atoms with E-state index in [0.717, 1.165) is 97.9 Å². The highest BCUT2D eigenvalue weighted by atomic mass is 16.5. The molecule has 0 spiro atoms. The van der Waals surface area contributed by atoms with E-state index in [1.165, 1.54) is 31.1 Å². The van der Waals surface area contributed by atoms with Gasteiger partial charge in [-0.1, -0.05) is 80.6 Å². The highest BCUT2D eigenvalue weighted by molar-refractivity contribution is 6.00. The fourth-order valence-corrected chi connectivity index (χ4v) is 6.25. The first kappa shape index (κ1) is 25.8. The molecule has 0 atom stereocenters. The van der Waals surface area contributed by atoms with Gasteiger partial charge in [0.15, 0.2) is 0 Å². The number of carbonyl (C=O) groups is 1. The van der Waals surface area contributed by atoms with Gasteiger partial charge in [0.05, 0.1) is 0 Å². The van der Waals surface area contributed by atoms with Crippen LogP contribution in [0.4, 0.5) is 5.82 Å². The van der Waals surface area contributed by atoms with Crippen LogP contribution in [0.15, 0.2) is 47.0 Å². The predicted octanol–water partition coefficient (Wildman–Crippen LogP) is 6.79. The number of aryl methyl sites for hydroxylation is 1. The Morgan fingerprint density at radius 2 is 1.82 bits per heavy atom. The van der Waals surface area contributed by atoms with Gasteiger partial charge in [-0.25, -0.2) is 4.98 Å². The third kappa shape index (κ3) is 5.63. The maximum Gasteiger partial charge on any atom is 0.263 e. The lowest BCUT2D eigenvalue weighted by atomic mass is 10.0. The molecular formula is C32H39N5O2. The van der Waals surface area contributed by atoms with E-state index < -0.39 is 0 Å². The van der Waals surface area contributed by atoms with Crippen molar-refractivity contribution in [1.82, 2.24) is 20.0 Å². The lowest BCUT2D eigenvalue weighted by Gasteiger charge is -2.24. The fraction of sp³-hybridized carbons (Fsp3) is 0.500. The zero-order chi connectivity index (χ0) is 26.6. The maximum absolute atomic E-state index is 13.1. The number of carbonyl (C=O) groups excluding carboxylic acids is 1. The van der Waals surface area contributed by atoms with E-state index in [1.807, 2.05) is 0 Å². The Morgan fingerprint density at radius 1 is 0.974 bits per heavy atom. The molecule has 0 N–H and O–H groups in total. The highest BCUT2D eigenvalue weighted by Crippen LogP contribution is 2.36. The largest absolute Gasteiger partial charge is 0.354 e. The lowest BCUT2D eigenvalue weighted by molar-refractivity contribution is -0.131. The third-order valence-corrected chi connectivity index (χ3v) is 8.53. The van der Waals surface area contributed by atoms with Crippen molar-refractivity contribution in [1.29, 1.82) is 0 Å². The first-order chi connectivity index (χ1) is 19.2. The van der Waals surface area contributed by atoms with Crippen LogP contribution in [0.2, 0.25) is 0 Å². The van der Waals surface area contributed by atoms with Gasteiger partial charge in [0.25, 0.3) is 5.71 Å². The molecule has 3 heterocycles. The zero-order valence-electron chi connectivity index (χ0n) is 23.1. The monoisotopic (exact) mass is 525 g/mol. The summed E-state index contributed by atoms with van der Waals surface area (Å²) in [4.78, 5) is 27.4. The van der Waals surface area contributed by atoms with Crippen LogP contribution in [0.5, 0.6) is 0 Å². The van der Waals surface area contributed by atoms with E-state index in [1.54, 1.807) is 0 Å². The van der Waals surface area contributed by atoms with Crippen molar-refractivity contribution in [3.8, 4) is 11.3 Å². The van der Waals surface area contributed by atoms with Crippen molar-refractivity contribution in [2.24, 2.45) is 5.92 Å². The first-order valence-electron chi connectivity index (χ1n) is 14.9. The fourth-order valence-electron chi connectivity index (χ4n) is 6.25. The van der Waals surface area contributed by atoms with E-state index in [2.05, 4.69) is 64.3 Å². The Bertz CT molecular complexity index is 1440. The molecule has 2 aromatic carbocycles. The molecular weight excluding hydrogens is 486 g/mol. The number of aromatic nitrogens is 3. The van der Waals surface area contributed by atoms with Crippen LogP contribution in [0.1, 0.15) is 70.5 Å². The van der Waals surface area contributed by atoms with Crippen LogP contribution in [0.25, 0.3) is 33.1 Å². The van der Waals surface area contributed by atoms with Gasteiger partial charge in [-0.3, -0.25) is 4.79 Å². The number of anilines is 1. The molecule has 7 heteroatoms. The zero-order valence-corrected chi connectivity index (χ0v) is 23.1. The average Bonchev–Trinajstić information content (AvgIpc) is 3.58. The molecule has 1 saturated carbocycles. The second-order valence-corrected chi connectivity index (χ2v) is 11.3. The van der Waals surface area contributed by atoms with Crippen molar-refractivity contribution in [2.75, 3.05) is 31.1 Å². The standard InChI is InChI=1S/C32H39N5O2/c1-2-3-13-27-33-31(37-19-8-18-36(20-21-37)28(38)17-14-23-9-4-5-10-23)29-30(35-39-32(29)34-27)26-16-15-24-11-6-7-12-25(24)22-26/h6-7,11-12,15-16,22-23H,2-5,8-10,13-14,17-21H2,1H3. The predicted molar refractivity (Wildman–Crippen MR) is 156 cm³/mol. The molecule has 6 rings (SSSR count). The Kier molecular flexibility index (Phi) is 7.75.